The summed E-state index contributed by atoms with van der Waals surface area (Å²) < 4.78 is 11.3. The van der Waals surface area contributed by atoms with E-state index >= 15 is 0 Å². The Balaban J connectivity index is 2.04. The van der Waals surface area contributed by atoms with Gasteiger partial charge in [-0.3, -0.25) is 0 Å². The summed E-state index contributed by atoms with van der Waals surface area (Å²) in [7, 11) is 5.75. The molecule has 0 spiro atoms. The van der Waals surface area contributed by atoms with Gasteiger partial charge in [0.15, 0.2) is 11.5 Å². The third-order valence-corrected chi connectivity index (χ3v) is 3.74. The predicted molar refractivity (Wildman–Crippen MR) is 93.9 cm³/mol. The molecule has 0 fully saturated rings. The van der Waals surface area contributed by atoms with E-state index in [4.69, 9.17) is 15.2 Å². The van der Waals surface area contributed by atoms with Crippen molar-refractivity contribution in [2.24, 2.45) is 5.73 Å². The molecule has 23 heavy (non-hydrogen) atoms. The summed E-state index contributed by atoms with van der Waals surface area (Å²) >= 11 is 0. The largest absolute Gasteiger partial charge is 0.493 e. The second-order valence-corrected chi connectivity index (χ2v) is 5.88. The highest BCUT2D eigenvalue weighted by Gasteiger charge is 2.11. The third kappa shape index (κ3) is 5.27. The lowest BCUT2D eigenvalue weighted by atomic mass is 10.0. The maximum atomic E-state index is 6.26. The van der Waals surface area contributed by atoms with Crippen LogP contribution in [-0.2, 0) is 6.61 Å². The van der Waals surface area contributed by atoms with Crippen LogP contribution in [0.2, 0.25) is 0 Å². The number of nitrogens with two attached hydrogens (primary N) is 1. The molecule has 0 saturated heterocycles. The van der Waals surface area contributed by atoms with E-state index in [1.54, 1.807) is 7.11 Å². The van der Waals surface area contributed by atoms with Crippen molar-refractivity contribution in [2.45, 2.75) is 19.1 Å². The van der Waals surface area contributed by atoms with E-state index in [1.807, 2.05) is 62.6 Å². The molecule has 124 valence electrons. The molecular weight excluding hydrogens is 288 g/mol. The Hall–Kier alpha value is -2.04. The fourth-order valence-electron chi connectivity index (χ4n) is 2.33. The van der Waals surface area contributed by atoms with Crippen LogP contribution in [-0.4, -0.2) is 32.6 Å². The van der Waals surface area contributed by atoms with Gasteiger partial charge in [-0.2, -0.15) is 0 Å². The Morgan fingerprint density at radius 3 is 2.43 bits per heavy atom. The molecule has 1 unspecified atom stereocenters. The lowest BCUT2D eigenvalue weighted by molar-refractivity contribution is 0.284. The highest BCUT2D eigenvalue weighted by Crippen LogP contribution is 2.31. The fraction of sp³-hybridized carbons (Fsp3) is 0.368. The second-order valence-electron chi connectivity index (χ2n) is 5.88. The Morgan fingerprint density at radius 1 is 1.04 bits per heavy atom. The third-order valence-electron chi connectivity index (χ3n) is 3.74. The van der Waals surface area contributed by atoms with Gasteiger partial charge in [-0.05, 0) is 50.3 Å². The van der Waals surface area contributed by atoms with Crippen molar-refractivity contribution in [3.8, 4) is 11.5 Å². The second kappa shape index (κ2) is 8.56. The van der Waals surface area contributed by atoms with Crippen LogP contribution in [0, 0.1) is 0 Å². The minimum Gasteiger partial charge on any atom is -0.493 e. The molecular formula is C19H26N2O2. The number of methoxy groups -OCH3 is 1. The lowest BCUT2D eigenvalue weighted by Gasteiger charge is -2.17. The van der Waals surface area contributed by atoms with Crippen LogP contribution in [0.5, 0.6) is 11.5 Å². The van der Waals surface area contributed by atoms with Gasteiger partial charge in [0.2, 0.25) is 0 Å². The van der Waals surface area contributed by atoms with E-state index in [1.165, 1.54) is 0 Å². The minimum absolute atomic E-state index is 0.00512. The van der Waals surface area contributed by atoms with Crippen LogP contribution in [0.4, 0.5) is 0 Å². The van der Waals surface area contributed by atoms with E-state index < -0.39 is 0 Å². The van der Waals surface area contributed by atoms with Crippen molar-refractivity contribution >= 4 is 0 Å². The van der Waals surface area contributed by atoms with E-state index in [9.17, 15) is 0 Å². The van der Waals surface area contributed by atoms with Gasteiger partial charge < -0.3 is 20.1 Å². The Kier molecular flexibility index (Phi) is 6.44. The van der Waals surface area contributed by atoms with Crippen LogP contribution in [0.25, 0.3) is 0 Å². The van der Waals surface area contributed by atoms with Gasteiger partial charge in [0.05, 0.1) is 7.11 Å². The zero-order chi connectivity index (χ0) is 16.7. The SMILES string of the molecule is COc1cc(C(N)CCN(C)C)ccc1OCc1ccccc1. The van der Waals surface area contributed by atoms with Crippen molar-refractivity contribution < 1.29 is 9.47 Å². The molecule has 0 heterocycles. The van der Waals surface area contributed by atoms with Crippen molar-refractivity contribution in [3.63, 3.8) is 0 Å². The molecule has 0 aliphatic rings. The highest BCUT2D eigenvalue weighted by atomic mass is 16.5. The van der Waals surface area contributed by atoms with Gasteiger partial charge in [-0.1, -0.05) is 36.4 Å². The number of hydrogen-bond acceptors (Lipinski definition) is 4. The van der Waals surface area contributed by atoms with Crippen molar-refractivity contribution in [3.05, 3.63) is 59.7 Å². The van der Waals surface area contributed by atoms with Crippen LogP contribution in [0.3, 0.4) is 0 Å². The maximum Gasteiger partial charge on any atom is 0.161 e. The molecule has 0 radical (unpaired) electrons. The molecule has 4 nitrogen and oxygen atoms in total. The maximum absolute atomic E-state index is 6.26. The van der Waals surface area contributed by atoms with Crippen LogP contribution in [0.1, 0.15) is 23.6 Å². The summed E-state index contributed by atoms with van der Waals surface area (Å²) in [5.41, 5.74) is 8.45. The molecule has 2 N–H and O–H groups in total. The summed E-state index contributed by atoms with van der Waals surface area (Å²) in [5, 5.41) is 0. The van der Waals surface area contributed by atoms with E-state index in [0.717, 1.165) is 35.6 Å². The predicted octanol–water partition coefficient (Wildman–Crippen LogP) is 3.23. The summed E-state index contributed by atoms with van der Waals surface area (Å²) in [5.74, 6) is 1.46. The quantitative estimate of drug-likeness (QED) is 0.813. The van der Waals surface area contributed by atoms with Gasteiger partial charge >= 0.3 is 0 Å². The molecule has 2 aromatic carbocycles. The Labute approximate surface area is 138 Å². The van der Waals surface area contributed by atoms with Gasteiger partial charge in [-0.15, -0.1) is 0 Å². The van der Waals surface area contributed by atoms with Gasteiger partial charge in [0, 0.05) is 6.04 Å². The first kappa shape index (κ1) is 17.3. The van der Waals surface area contributed by atoms with E-state index in [2.05, 4.69) is 4.90 Å². The average Bonchev–Trinajstić information content (AvgIpc) is 2.58. The Morgan fingerprint density at radius 2 is 1.78 bits per heavy atom. The smallest absolute Gasteiger partial charge is 0.161 e. The molecule has 4 heteroatoms. The van der Waals surface area contributed by atoms with E-state index in [-0.39, 0.29) is 6.04 Å². The first-order valence-electron chi connectivity index (χ1n) is 7.85. The number of benzene rings is 2. The first-order chi connectivity index (χ1) is 11.1. The molecule has 0 amide bonds. The molecule has 0 bridgehead atoms. The summed E-state index contributed by atoms with van der Waals surface area (Å²) in [6.45, 7) is 1.47. The molecule has 0 saturated carbocycles. The molecule has 0 aromatic heterocycles. The molecule has 0 aliphatic heterocycles. The fourth-order valence-corrected chi connectivity index (χ4v) is 2.33. The molecule has 2 rings (SSSR count). The molecule has 1 atom stereocenters. The van der Waals surface area contributed by atoms with Crippen molar-refractivity contribution in [1.82, 2.24) is 4.90 Å². The minimum atomic E-state index is -0.00512. The monoisotopic (exact) mass is 314 g/mol. The average molecular weight is 314 g/mol. The van der Waals surface area contributed by atoms with E-state index in [0.29, 0.717) is 6.61 Å². The normalized spacial score (nSPS) is 12.2. The Bertz CT molecular complexity index is 600. The zero-order valence-electron chi connectivity index (χ0n) is 14.2. The first-order valence-corrected chi connectivity index (χ1v) is 7.85. The van der Waals surface area contributed by atoms with Crippen LogP contribution < -0.4 is 15.2 Å². The number of rotatable bonds is 8. The van der Waals surface area contributed by atoms with Crippen molar-refractivity contribution in [2.75, 3.05) is 27.7 Å². The topological polar surface area (TPSA) is 47.7 Å². The number of ether oxygens (including phenoxy) is 2. The zero-order valence-corrected chi connectivity index (χ0v) is 14.2. The highest BCUT2D eigenvalue weighted by molar-refractivity contribution is 5.44. The molecule has 2 aromatic rings. The van der Waals surface area contributed by atoms with Gasteiger partial charge in [0.1, 0.15) is 6.61 Å². The van der Waals surface area contributed by atoms with Gasteiger partial charge in [0.25, 0.3) is 0 Å². The van der Waals surface area contributed by atoms with Crippen LogP contribution in [0.15, 0.2) is 48.5 Å². The van der Waals surface area contributed by atoms with Crippen LogP contribution >= 0.6 is 0 Å². The summed E-state index contributed by atoms with van der Waals surface area (Å²) in [6, 6.07) is 16.0. The standard InChI is InChI=1S/C19H26N2O2/c1-21(2)12-11-17(20)16-9-10-18(19(13-16)22-3)23-14-15-7-5-4-6-8-15/h4-10,13,17H,11-12,14,20H2,1-3H3. The number of nitrogens with zero attached hydrogens (tertiary/aromatic N) is 1. The number of hydrogen-bond donors (Lipinski definition) is 1. The summed E-state index contributed by atoms with van der Waals surface area (Å²) in [6.07, 6.45) is 0.903. The van der Waals surface area contributed by atoms with Crippen molar-refractivity contribution in [1.29, 1.82) is 0 Å². The lowest BCUT2D eigenvalue weighted by Crippen LogP contribution is -2.20. The molecule has 0 aliphatic carbocycles. The summed E-state index contributed by atoms with van der Waals surface area (Å²) in [4.78, 5) is 2.13. The van der Waals surface area contributed by atoms with Gasteiger partial charge in [-0.25, -0.2) is 0 Å².